The number of thiol groups is 2. The van der Waals surface area contributed by atoms with Gasteiger partial charge >= 0.3 is 0 Å². The van der Waals surface area contributed by atoms with Gasteiger partial charge in [0.25, 0.3) is 0 Å². The van der Waals surface area contributed by atoms with Gasteiger partial charge in [-0.15, -0.1) is 0 Å². The smallest absolute Gasteiger partial charge is 0.00299 e. The molecule has 4 bridgehead atoms. The molecule has 5 fully saturated rings. The molecule has 0 spiro atoms. The van der Waals surface area contributed by atoms with Crippen LogP contribution in [0.3, 0.4) is 0 Å². The molecule has 0 aliphatic heterocycles. The summed E-state index contributed by atoms with van der Waals surface area (Å²) in [6.45, 7) is 0. The molecule has 8 unspecified atom stereocenters. The molecule has 0 heterocycles. The Bertz CT molecular complexity index is 421. The second-order valence-electron chi connectivity index (χ2n) is 8.43. The van der Waals surface area contributed by atoms with Gasteiger partial charge in [0.1, 0.15) is 0 Å². The van der Waals surface area contributed by atoms with E-state index in [-0.39, 0.29) is 0 Å². The van der Waals surface area contributed by atoms with Gasteiger partial charge in [-0.1, -0.05) is 6.42 Å². The summed E-state index contributed by atoms with van der Waals surface area (Å²) in [4.78, 5) is 0. The molecule has 2 heteroatoms. The Kier molecular flexibility index (Phi) is 2.40. The second kappa shape index (κ2) is 3.72. The van der Waals surface area contributed by atoms with E-state index in [4.69, 9.17) is 25.3 Å². The molecule has 5 saturated carbocycles. The summed E-state index contributed by atoms with van der Waals surface area (Å²) >= 11 is 9.81. The van der Waals surface area contributed by atoms with E-state index < -0.39 is 0 Å². The van der Waals surface area contributed by atoms with E-state index in [2.05, 4.69) is 0 Å². The van der Waals surface area contributed by atoms with Crippen molar-refractivity contribution in [3.63, 3.8) is 0 Å². The standard InChI is InChI=1S/C17H26S2/c18-8-16-5-4-10(7-16)15-13-6-14(17(15,16)9-19)12-3-1-2-11(12)13/h10-15,18-19H,1-9H2. The van der Waals surface area contributed by atoms with Crippen LogP contribution < -0.4 is 0 Å². The highest BCUT2D eigenvalue weighted by atomic mass is 32.1. The summed E-state index contributed by atoms with van der Waals surface area (Å²) in [6.07, 6.45) is 10.7. The summed E-state index contributed by atoms with van der Waals surface area (Å²) in [6, 6.07) is 0. The van der Waals surface area contributed by atoms with Crippen molar-refractivity contribution in [3.8, 4) is 0 Å². The third-order valence-corrected chi connectivity index (χ3v) is 9.77. The Balaban J connectivity index is 1.67. The van der Waals surface area contributed by atoms with Gasteiger partial charge in [0, 0.05) is 0 Å². The van der Waals surface area contributed by atoms with Crippen molar-refractivity contribution in [2.45, 2.75) is 44.9 Å². The van der Waals surface area contributed by atoms with Crippen LogP contribution in [-0.2, 0) is 0 Å². The monoisotopic (exact) mass is 294 g/mol. The van der Waals surface area contributed by atoms with Gasteiger partial charge in [-0.2, -0.15) is 25.3 Å². The Morgan fingerprint density at radius 2 is 1.79 bits per heavy atom. The van der Waals surface area contributed by atoms with Crippen molar-refractivity contribution in [2.75, 3.05) is 11.5 Å². The largest absolute Gasteiger partial charge is 0.179 e. The Morgan fingerprint density at radius 1 is 0.947 bits per heavy atom. The van der Waals surface area contributed by atoms with E-state index in [1.807, 2.05) is 0 Å². The summed E-state index contributed by atoms with van der Waals surface area (Å²) in [5, 5.41) is 0. The Morgan fingerprint density at radius 3 is 2.58 bits per heavy atom. The summed E-state index contributed by atoms with van der Waals surface area (Å²) in [5.74, 6) is 8.75. The predicted molar refractivity (Wildman–Crippen MR) is 85.8 cm³/mol. The minimum absolute atomic E-state index is 0.584. The topological polar surface area (TPSA) is 0 Å². The molecule has 5 aliphatic carbocycles. The molecule has 0 N–H and O–H groups in total. The van der Waals surface area contributed by atoms with Crippen molar-refractivity contribution in [1.29, 1.82) is 0 Å². The lowest BCUT2D eigenvalue weighted by Crippen LogP contribution is -2.53. The molecule has 5 aliphatic rings. The number of hydrogen-bond acceptors (Lipinski definition) is 2. The van der Waals surface area contributed by atoms with Crippen LogP contribution in [0.4, 0.5) is 0 Å². The first-order valence-corrected chi connectivity index (χ1v) is 9.76. The van der Waals surface area contributed by atoms with Crippen molar-refractivity contribution in [2.24, 2.45) is 46.3 Å². The maximum absolute atomic E-state index is 4.95. The Labute approximate surface area is 128 Å². The van der Waals surface area contributed by atoms with Crippen LogP contribution in [-0.4, -0.2) is 11.5 Å². The highest BCUT2D eigenvalue weighted by Gasteiger charge is 2.77. The lowest BCUT2D eigenvalue weighted by molar-refractivity contribution is -0.0500. The molecule has 0 saturated heterocycles. The van der Waals surface area contributed by atoms with Crippen molar-refractivity contribution < 1.29 is 0 Å². The first kappa shape index (κ1) is 12.3. The van der Waals surface area contributed by atoms with Gasteiger partial charge < -0.3 is 0 Å². The minimum atomic E-state index is 0.584. The fourth-order valence-corrected chi connectivity index (χ4v) is 9.78. The van der Waals surface area contributed by atoms with Gasteiger partial charge in [-0.25, -0.2) is 0 Å². The lowest BCUT2D eigenvalue weighted by atomic mass is 9.51. The zero-order valence-electron chi connectivity index (χ0n) is 11.7. The highest BCUT2D eigenvalue weighted by molar-refractivity contribution is 7.80. The van der Waals surface area contributed by atoms with E-state index in [9.17, 15) is 0 Å². The zero-order valence-corrected chi connectivity index (χ0v) is 13.5. The van der Waals surface area contributed by atoms with Gasteiger partial charge in [-0.3, -0.25) is 0 Å². The molecule has 19 heavy (non-hydrogen) atoms. The third kappa shape index (κ3) is 1.10. The first-order chi connectivity index (χ1) is 9.27. The van der Waals surface area contributed by atoms with Crippen LogP contribution in [0.2, 0.25) is 0 Å². The van der Waals surface area contributed by atoms with E-state index >= 15 is 0 Å². The average Bonchev–Trinajstić information content (AvgIpc) is 3.18. The molecule has 106 valence electrons. The Hall–Kier alpha value is 0.700. The third-order valence-electron chi connectivity index (χ3n) is 8.64. The molecule has 0 nitrogen and oxygen atoms in total. The molecular formula is C17H26S2. The van der Waals surface area contributed by atoms with Crippen LogP contribution in [0.25, 0.3) is 0 Å². The molecule has 0 amide bonds. The minimum Gasteiger partial charge on any atom is -0.179 e. The molecule has 0 radical (unpaired) electrons. The maximum atomic E-state index is 4.95. The van der Waals surface area contributed by atoms with Gasteiger partial charge in [0.15, 0.2) is 0 Å². The maximum Gasteiger partial charge on any atom is -0.00299 e. The summed E-state index contributed by atoms with van der Waals surface area (Å²) < 4.78 is 0. The first-order valence-electron chi connectivity index (χ1n) is 8.49. The SMILES string of the molecule is SCC12CCC(C1)C1C3CC(C4CCCC43)C12CS. The fourth-order valence-electron chi connectivity index (χ4n) is 8.42. The van der Waals surface area contributed by atoms with Gasteiger partial charge in [0.05, 0.1) is 0 Å². The van der Waals surface area contributed by atoms with Crippen LogP contribution in [0.1, 0.15) is 44.9 Å². The number of fused-ring (bicyclic) bond motifs is 12. The normalized spacial score (nSPS) is 64.7. The van der Waals surface area contributed by atoms with E-state index in [0.717, 1.165) is 41.3 Å². The molecule has 8 atom stereocenters. The van der Waals surface area contributed by atoms with Crippen LogP contribution >= 0.6 is 25.3 Å². The van der Waals surface area contributed by atoms with Gasteiger partial charge in [-0.05, 0) is 96.4 Å². The van der Waals surface area contributed by atoms with E-state index in [1.165, 1.54) is 31.4 Å². The van der Waals surface area contributed by atoms with E-state index in [1.54, 1.807) is 19.3 Å². The van der Waals surface area contributed by atoms with Gasteiger partial charge in [0.2, 0.25) is 0 Å². The van der Waals surface area contributed by atoms with Crippen LogP contribution in [0.5, 0.6) is 0 Å². The molecule has 5 rings (SSSR count). The summed E-state index contributed by atoms with van der Waals surface area (Å²) in [7, 11) is 0. The lowest BCUT2D eigenvalue weighted by Gasteiger charge is -2.56. The van der Waals surface area contributed by atoms with Crippen molar-refractivity contribution in [3.05, 3.63) is 0 Å². The van der Waals surface area contributed by atoms with Crippen molar-refractivity contribution >= 4 is 25.3 Å². The van der Waals surface area contributed by atoms with Crippen molar-refractivity contribution in [1.82, 2.24) is 0 Å². The highest BCUT2D eigenvalue weighted by Crippen LogP contribution is 2.82. The fraction of sp³-hybridized carbons (Fsp3) is 1.00. The molecule has 0 aromatic carbocycles. The average molecular weight is 295 g/mol. The quantitative estimate of drug-likeness (QED) is 0.550. The summed E-state index contributed by atoms with van der Waals surface area (Å²) in [5.41, 5.74) is 1.19. The second-order valence-corrected chi connectivity index (χ2v) is 9.06. The molecule has 0 aromatic rings. The predicted octanol–water partition coefficient (Wildman–Crippen LogP) is 4.31. The van der Waals surface area contributed by atoms with Crippen LogP contribution in [0.15, 0.2) is 0 Å². The number of rotatable bonds is 2. The zero-order chi connectivity index (χ0) is 12.8. The number of hydrogen-bond donors (Lipinski definition) is 2. The van der Waals surface area contributed by atoms with Crippen LogP contribution in [0, 0.1) is 46.3 Å². The molecule has 0 aromatic heterocycles. The van der Waals surface area contributed by atoms with E-state index in [0.29, 0.717) is 10.8 Å². The molecular weight excluding hydrogens is 268 g/mol.